The predicted octanol–water partition coefficient (Wildman–Crippen LogP) is 0.982. The van der Waals surface area contributed by atoms with Crippen LogP contribution in [0.25, 0.3) is 0 Å². The summed E-state index contributed by atoms with van der Waals surface area (Å²) in [5.41, 5.74) is 0.400. The van der Waals surface area contributed by atoms with Gasteiger partial charge in [0.2, 0.25) is 5.82 Å². The van der Waals surface area contributed by atoms with Crippen molar-refractivity contribution in [2.45, 2.75) is 13.5 Å². The molecule has 8 heteroatoms. The Labute approximate surface area is 103 Å². The molecule has 0 aliphatic carbocycles. The van der Waals surface area contributed by atoms with E-state index in [1.54, 1.807) is 20.2 Å². The van der Waals surface area contributed by atoms with Gasteiger partial charge in [0.1, 0.15) is 11.5 Å². The molecule has 0 spiro atoms. The van der Waals surface area contributed by atoms with Crippen LogP contribution in [-0.4, -0.2) is 24.3 Å². The third-order valence-corrected chi connectivity index (χ3v) is 2.71. The van der Waals surface area contributed by atoms with E-state index in [2.05, 4.69) is 15.4 Å². The molecule has 0 unspecified atom stereocenters. The average Bonchev–Trinajstić information content (AvgIpc) is 2.79. The number of aromatic nitrogens is 4. The van der Waals surface area contributed by atoms with Gasteiger partial charge in [0, 0.05) is 26.5 Å². The van der Waals surface area contributed by atoms with Crippen LogP contribution in [0, 0.1) is 17.0 Å². The smallest absolute Gasteiger partial charge is 0.333 e. The van der Waals surface area contributed by atoms with Gasteiger partial charge in [-0.3, -0.25) is 10.1 Å². The molecule has 0 amide bonds. The van der Waals surface area contributed by atoms with Gasteiger partial charge in [-0.1, -0.05) is 0 Å². The summed E-state index contributed by atoms with van der Waals surface area (Å²) >= 11 is 0. The molecule has 2 aromatic heterocycles. The highest BCUT2D eigenvalue weighted by Gasteiger charge is 2.23. The van der Waals surface area contributed by atoms with Crippen LogP contribution in [0.2, 0.25) is 0 Å². The quantitative estimate of drug-likeness (QED) is 0.645. The van der Waals surface area contributed by atoms with Crippen LogP contribution in [0.15, 0.2) is 12.4 Å². The summed E-state index contributed by atoms with van der Waals surface area (Å²) in [4.78, 5) is 14.7. The van der Waals surface area contributed by atoms with E-state index in [9.17, 15) is 10.1 Å². The fourth-order valence-corrected chi connectivity index (χ4v) is 1.79. The molecule has 96 valence electrons. The van der Waals surface area contributed by atoms with Crippen LogP contribution in [0.3, 0.4) is 0 Å². The zero-order chi connectivity index (χ0) is 13.3. The maximum Gasteiger partial charge on any atom is 0.333 e. The first kappa shape index (κ1) is 12.1. The summed E-state index contributed by atoms with van der Waals surface area (Å²) in [5.74, 6) is 1.18. The van der Waals surface area contributed by atoms with Crippen molar-refractivity contribution in [3.63, 3.8) is 0 Å². The molecule has 0 saturated carbocycles. The van der Waals surface area contributed by atoms with Crippen molar-refractivity contribution in [2.75, 3.05) is 5.32 Å². The van der Waals surface area contributed by atoms with E-state index in [0.717, 1.165) is 5.82 Å². The third kappa shape index (κ3) is 2.04. The molecule has 1 N–H and O–H groups in total. The maximum atomic E-state index is 11.0. The number of nitrogens with zero attached hydrogens (tertiary/aromatic N) is 5. The molecular weight excluding hydrogens is 236 g/mol. The number of hydrogen-bond donors (Lipinski definition) is 1. The van der Waals surface area contributed by atoms with Gasteiger partial charge in [-0.15, -0.1) is 0 Å². The van der Waals surface area contributed by atoms with E-state index < -0.39 is 4.92 Å². The second-order valence-corrected chi connectivity index (χ2v) is 3.97. The van der Waals surface area contributed by atoms with Crippen LogP contribution in [0.4, 0.5) is 11.5 Å². The van der Waals surface area contributed by atoms with Gasteiger partial charge in [-0.05, 0) is 6.92 Å². The number of aryl methyl sites for hydroxylation is 3. The Hall–Kier alpha value is -2.38. The molecule has 0 radical (unpaired) electrons. The Balaban J connectivity index is 2.24. The summed E-state index contributed by atoms with van der Waals surface area (Å²) < 4.78 is 3.32. The van der Waals surface area contributed by atoms with E-state index in [1.165, 1.54) is 4.68 Å². The lowest BCUT2D eigenvalue weighted by Gasteiger charge is -2.05. The second kappa shape index (κ2) is 4.47. The molecule has 0 bridgehead atoms. The largest absolute Gasteiger partial charge is 0.357 e. The molecule has 0 aliphatic heterocycles. The van der Waals surface area contributed by atoms with Crippen molar-refractivity contribution in [3.05, 3.63) is 34.0 Å². The first-order valence-electron chi connectivity index (χ1n) is 5.38. The standard InChI is InChI=1S/C10H14N6O2/c1-7-9(16(17)18)10(15(3)13-7)12-6-8-11-4-5-14(8)2/h4-5,12H,6H2,1-3H3. The zero-order valence-electron chi connectivity index (χ0n) is 10.4. The van der Waals surface area contributed by atoms with Gasteiger partial charge >= 0.3 is 5.69 Å². The number of nitrogens with one attached hydrogen (secondary N) is 1. The number of nitro groups is 1. The molecule has 0 fully saturated rings. The fraction of sp³-hybridized carbons (Fsp3) is 0.400. The normalized spacial score (nSPS) is 10.6. The number of rotatable bonds is 4. The molecule has 0 atom stereocenters. The van der Waals surface area contributed by atoms with E-state index in [0.29, 0.717) is 18.1 Å². The van der Waals surface area contributed by atoms with Crippen molar-refractivity contribution >= 4 is 11.5 Å². The Morgan fingerprint density at radius 1 is 1.50 bits per heavy atom. The molecular formula is C10H14N6O2. The second-order valence-electron chi connectivity index (χ2n) is 3.97. The minimum atomic E-state index is -0.427. The van der Waals surface area contributed by atoms with Crippen molar-refractivity contribution in [1.82, 2.24) is 19.3 Å². The van der Waals surface area contributed by atoms with Gasteiger partial charge in [-0.25, -0.2) is 9.67 Å². The lowest BCUT2D eigenvalue weighted by molar-refractivity contribution is -0.384. The summed E-state index contributed by atoms with van der Waals surface area (Å²) in [6.07, 6.45) is 3.50. The molecule has 8 nitrogen and oxygen atoms in total. The van der Waals surface area contributed by atoms with Gasteiger partial charge < -0.3 is 9.88 Å². The molecule has 0 aliphatic rings. The summed E-state index contributed by atoms with van der Waals surface area (Å²) in [5, 5.41) is 18.0. The minimum absolute atomic E-state index is 0.00621. The fourth-order valence-electron chi connectivity index (χ4n) is 1.79. The van der Waals surface area contributed by atoms with Crippen LogP contribution < -0.4 is 5.32 Å². The highest BCUT2D eigenvalue weighted by molar-refractivity contribution is 5.59. The summed E-state index contributed by atoms with van der Waals surface area (Å²) in [7, 11) is 3.54. The van der Waals surface area contributed by atoms with E-state index >= 15 is 0 Å². The number of imidazole rings is 1. The Kier molecular flexibility index (Phi) is 3.00. The van der Waals surface area contributed by atoms with E-state index in [1.807, 2.05) is 17.8 Å². The van der Waals surface area contributed by atoms with E-state index in [4.69, 9.17) is 0 Å². The number of hydrogen-bond acceptors (Lipinski definition) is 5. The summed E-state index contributed by atoms with van der Waals surface area (Å²) in [6.45, 7) is 2.02. The van der Waals surface area contributed by atoms with Crippen molar-refractivity contribution in [2.24, 2.45) is 14.1 Å². The Morgan fingerprint density at radius 2 is 2.22 bits per heavy atom. The van der Waals surface area contributed by atoms with Crippen molar-refractivity contribution in [3.8, 4) is 0 Å². The maximum absolute atomic E-state index is 11.0. The van der Waals surface area contributed by atoms with E-state index in [-0.39, 0.29) is 5.69 Å². The lowest BCUT2D eigenvalue weighted by Crippen LogP contribution is -2.09. The molecule has 2 aromatic rings. The lowest BCUT2D eigenvalue weighted by atomic mass is 10.4. The Bertz CT molecular complexity index is 585. The molecule has 18 heavy (non-hydrogen) atoms. The number of anilines is 1. The van der Waals surface area contributed by atoms with Crippen LogP contribution in [0.1, 0.15) is 11.5 Å². The van der Waals surface area contributed by atoms with Gasteiger partial charge in [0.25, 0.3) is 0 Å². The SMILES string of the molecule is Cc1nn(C)c(NCc2nccn2C)c1[N+](=O)[O-]. The van der Waals surface area contributed by atoms with Crippen molar-refractivity contribution < 1.29 is 4.92 Å². The highest BCUT2D eigenvalue weighted by Crippen LogP contribution is 2.27. The van der Waals surface area contributed by atoms with Gasteiger partial charge in [-0.2, -0.15) is 5.10 Å². The first-order valence-corrected chi connectivity index (χ1v) is 5.38. The predicted molar refractivity (Wildman–Crippen MR) is 65.1 cm³/mol. The summed E-state index contributed by atoms with van der Waals surface area (Å²) in [6, 6.07) is 0. The van der Waals surface area contributed by atoms with Gasteiger partial charge in [0.05, 0.1) is 11.5 Å². The van der Waals surface area contributed by atoms with Crippen LogP contribution in [0.5, 0.6) is 0 Å². The van der Waals surface area contributed by atoms with Gasteiger partial charge in [0.15, 0.2) is 0 Å². The molecule has 2 heterocycles. The highest BCUT2D eigenvalue weighted by atomic mass is 16.6. The average molecular weight is 250 g/mol. The first-order chi connectivity index (χ1) is 8.50. The molecule has 0 aromatic carbocycles. The van der Waals surface area contributed by atoms with Crippen LogP contribution >= 0.6 is 0 Å². The zero-order valence-corrected chi connectivity index (χ0v) is 10.4. The van der Waals surface area contributed by atoms with Crippen molar-refractivity contribution in [1.29, 1.82) is 0 Å². The topological polar surface area (TPSA) is 90.8 Å². The molecule has 2 rings (SSSR count). The third-order valence-electron chi connectivity index (χ3n) is 2.71. The molecule has 0 saturated heterocycles. The Morgan fingerprint density at radius 3 is 2.78 bits per heavy atom. The minimum Gasteiger partial charge on any atom is -0.357 e. The van der Waals surface area contributed by atoms with Crippen LogP contribution in [-0.2, 0) is 20.6 Å². The monoisotopic (exact) mass is 250 g/mol.